The molecular formula is C23H17NO4. The van der Waals surface area contributed by atoms with Gasteiger partial charge >= 0.3 is 5.97 Å². The van der Waals surface area contributed by atoms with Crippen LogP contribution in [0.25, 0.3) is 22.0 Å². The first-order valence-corrected chi connectivity index (χ1v) is 8.78. The van der Waals surface area contributed by atoms with Crippen molar-refractivity contribution >= 4 is 22.7 Å². The van der Waals surface area contributed by atoms with E-state index in [-0.39, 0.29) is 18.1 Å². The van der Waals surface area contributed by atoms with Gasteiger partial charge < -0.3 is 14.8 Å². The van der Waals surface area contributed by atoms with Gasteiger partial charge in [0, 0.05) is 22.7 Å². The molecule has 138 valence electrons. The lowest BCUT2D eigenvalue weighted by Crippen LogP contribution is -2.14. The highest BCUT2D eigenvalue weighted by molar-refractivity contribution is 6.09. The zero-order valence-corrected chi connectivity index (χ0v) is 14.9. The third-order valence-corrected chi connectivity index (χ3v) is 4.55. The molecule has 4 rings (SSSR count). The van der Waals surface area contributed by atoms with E-state index in [1.165, 1.54) is 0 Å². The smallest absolute Gasteiger partial charge is 0.338 e. The number of rotatable bonds is 5. The second kappa shape index (κ2) is 7.40. The number of phenols is 1. The maximum atomic E-state index is 12.4. The number of fused-ring (bicyclic) bond motifs is 1. The summed E-state index contributed by atoms with van der Waals surface area (Å²) in [5.74, 6) is -0.610. The standard InChI is InChI=1S/C23H17NO4/c25-18-11-9-16(10-12-18)15-5-7-17(8-6-15)23(27)28-14-22(26)20-13-24-21-4-2-1-3-19(20)21/h1-13,24-25H,14H2. The van der Waals surface area contributed by atoms with Crippen LogP contribution in [0, 0.1) is 0 Å². The van der Waals surface area contributed by atoms with Crippen LogP contribution in [0.1, 0.15) is 20.7 Å². The van der Waals surface area contributed by atoms with Crippen molar-refractivity contribution in [3.8, 4) is 16.9 Å². The van der Waals surface area contributed by atoms with Crippen molar-refractivity contribution in [1.82, 2.24) is 4.98 Å². The van der Waals surface area contributed by atoms with Crippen LogP contribution in [0.15, 0.2) is 79.0 Å². The monoisotopic (exact) mass is 371 g/mol. The first kappa shape index (κ1) is 17.5. The number of nitrogens with one attached hydrogen (secondary N) is 1. The Morgan fingerprint density at radius 3 is 2.21 bits per heavy atom. The van der Waals surface area contributed by atoms with Crippen molar-refractivity contribution in [3.63, 3.8) is 0 Å². The molecule has 0 radical (unpaired) electrons. The molecule has 0 spiro atoms. The fraction of sp³-hybridized carbons (Fsp3) is 0.0435. The lowest BCUT2D eigenvalue weighted by molar-refractivity contribution is 0.0475. The predicted octanol–water partition coefficient (Wildman–Crippen LogP) is 4.58. The van der Waals surface area contributed by atoms with Crippen molar-refractivity contribution < 1.29 is 19.4 Å². The van der Waals surface area contributed by atoms with E-state index in [9.17, 15) is 14.7 Å². The minimum absolute atomic E-state index is 0.198. The van der Waals surface area contributed by atoms with E-state index < -0.39 is 5.97 Å². The Balaban J connectivity index is 1.42. The average molecular weight is 371 g/mol. The molecule has 0 bridgehead atoms. The first-order chi connectivity index (χ1) is 13.6. The number of ketones is 1. The Morgan fingerprint density at radius 1 is 0.857 bits per heavy atom. The van der Waals surface area contributed by atoms with Gasteiger partial charge in [-0.05, 0) is 41.5 Å². The number of carbonyl (C=O) groups is 2. The maximum absolute atomic E-state index is 12.4. The summed E-state index contributed by atoms with van der Waals surface area (Å²) >= 11 is 0. The van der Waals surface area contributed by atoms with Gasteiger partial charge in [0.05, 0.1) is 5.56 Å². The number of Topliss-reactive ketones (excluding diaryl/α,β-unsaturated/α-hetero) is 1. The van der Waals surface area contributed by atoms with E-state index in [2.05, 4.69) is 4.98 Å². The van der Waals surface area contributed by atoms with Crippen LogP contribution in [0.3, 0.4) is 0 Å². The van der Waals surface area contributed by atoms with Crippen LogP contribution < -0.4 is 0 Å². The summed E-state index contributed by atoms with van der Waals surface area (Å²) in [6.45, 7) is -0.319. The summed E-state index contributed by atoms with van der Waals surface area (Å²) in [7, 11) is 0. The number of hydrogen-bond acceptors (Lipinski definition) is 4. The normalized spacial score (nSPS) is 10.7. The van der Waals surface area contributed by atoms with Gasteiger partial charge in [-0.3, -0.25) is 4.79 Å². The van der Waals surface area contributed by atoms with Gasteiger partial charge in [-0.15, -0.1) is 0 Å². The summed E-state index contributed by atoms with van der Waals surface area (Å²) in [4.78, 5) is 27.7. The number of carbonyl (C=O) groups excluding carboxylic acids is 2. The van der Waals surface area contributed by atoms with E-state index in [4.69, 9.17) is 4.74 Å². The molecule has 0 fully saturated rings. The van der Waals surface area contributed by atoms with E-state index in [0.717, 1.165) is 22.0 Å². The molecule has 1 heterocycles. The molecule has 3 aromatic carbocycles. The molecular weight excluding hydrogens is 354 g/mol. The highest BCUT2D eigenvalue weighted by Gasteiger charge is 2.15. The SMILES string of the molecule is O=C(OCC(=O)c1c[nH]c2ccccc12)c1ccc(-c2ccc(O)cc2)cc1. The molecule has 28 heavy (non-hydrogen) atoms. The molecule has 0 amide bonds. The molecule has 2 N–H and O–H groups in total. The summed E-state index contributed by atoms with van der Waals surface area (Å²) < 4.78 is 5.19. The lowest BCUT2D eigenvalue weighted by Gasteiger charge is -2.06. The molecule has 5 heteroatoms. The van der Waals surface area contributed by atoms with Gasteiger partial charge in [0.1, 0.15) is 5.75 Å². The Bertz CT molecular complexity index is 1140. The average Bonchev–Trinajstić information content (AvgIpc) is 3.17. The molecule has 0 saturated heterocycles. The maximum Gasteiger partial charge on any atom is 0.338 e. The Hall–Kier alpha value is -3.86. The zero-order valence-electron chi connectivity index (χ0n) is 14.9. The number of phenolic OH excluding ortho intramolecular Hbond substituents is 1. The van der Waals surface area contributed by atoms with Crippen molar-refractivity contribution in [2.45, 2.75) is 0 Å². The van der Waals surface area contributed by atoms with Gasteiger partial charge in [0.15, 0.2) is 6.61 Å². The van der Waals surface area contributed by atoms with Crippen LogP contribution >= 0.6 is 0 Å². The Labute approximate surface area is 161 Å². The van der Waals surface area contributed by atoms with Gasteiger partial charge in [0.2, 0.25) is 5.78 Å². The number of aromatic hydroxyl groups is 1. The Kier molecular flexibility index (Phi) is 4.64. The third-order valence-electron chi connectivity index (χ3n) is 4.55. The topological polar surface area (TPSA) is 79.4 Å². The highest BCUT2D eigenvalue weighted by atomic mass is 16.5. The third kappa shape index (κ3) is 3.50. The minimum atomic E-state index is -0.551. The highest BCUT2D eigenvalue weighted by Crippen LogP contribution is 2.22. The van der Waals surface area contributed by atoms with Crippen LogP contribution in [-0.2, 0) is 4.74 Å². The first-order valence-electron chi connectivity index (χ1n) is 8.78. The van der Waals surface area contributed by atoms with Gasteiger partial charge in [-0.25, -0.2) is 4.79 Å². The zero-order chi connectivity index (χ0) is 19.5. The van der Waals surface area contributed by atoms with Crippen molar-refractivity contribution in [3.05, 3.63) is 90.1 Å². The number of benzene rings is 3. The van der Waals surface area contributed by atoms with Gasteiger partial charge in [-0.2, -0.15) is 0 Å². The quantitative estimate of drug-likeness (QED) is 0.397. The molecule has 5 nitrogen and oxygen atoms in total. The van der Waals surface area contributed by atoms with E-state index >= 15 is 0 Å². The number of aromatic amines is 1. The molecule has 0 saturated carbocycles. The number of hydrogen-bond donors (Lipinski definition) is 2. The predicted molar refractivity (Wildman–Crippen MR) is 106 cm³/mol. The van der Waals surface area contributed by atoms with Crippen LogP contribution in [-0.4, -0.2) is 28.4 Å². The number of ether oxygens (including phenoxy) is 1. The molecule has 0 aliphatic carbocycles. The molecule has 0 atom stereocenters. The minimum Gasteiger partial charge on any atom is -0.508 e. The van der Waals surface area contributed by atoms with Crippen molar-refractivity contribution in [1.29, 1.82) is 0 Å². The number of aromatic nitrogens is 1. The van der Waals surface area contributed by atoms with E-state index in [0.29, 0.717) is 11.1 Å². The second-order valence-corrected chi connectivity index (χ2v) is 6.37. The number of esters is 1. The van der Waals surface area contributed by atoms with Gasteiger partial charge in [0.25, 0.3) is 0 Å². The summed E-state index contributed by atoms with van der Waals surface area (Å²) in [6.07, 6.45) is 1.63. The summed E-state index contributed by atoms with van der Waals surface area (Å²) in [5.41, 5.74) is 3.57. The van der Waals surface area contributed by atoms with E-state index in [1.807, 2.05) is 24.3 Å². The van der Waals surface area contributed by atoms with Crippen molar-refractivity contribution in [2.75, 3.05) is 6.61 Å². The lowest BCUT2D eigenvalue weighted by atomic mass is 10.0. The summed E-state index contributed by atoms with van der Waals surface area (Å²) in [6, 6.07) is 21.2. The van der Waals surface area contributed by atoms with Crippen molar-refractivity contribution in [2.24, 2.45) is 0 Å². The molecule has 0 aliphatic heterocycles. The second-order valence-electron chi connectivity index (χ2n) is 6.37. The molecule has 1 aromatic heterocycles. The summed E-state index contributed by atoms with van der Waals surface area (Å²) in [5, 5.41) is 10.2. The van der Waals surface area contributed by atoms with Crippen LogP contribution in [0.5, 0.6) is 5.75 Å². The largest absolute Gasteiger partial charge is 0.508 e. The van der Waals surface area contributed by atoms with Crippen LogP contribution in [0.2, 0.25) is 0 Å². The van der Waals surface area contributed by atoms with Gasteiger partial charge in [-0.1, -0.05) is 42.5 Å². The number of para-hydroxylation sites is 1. The number of H-pyrrole nitrogens is 1. The molecule has 0 aliphatic rings. The fourth-order valence-corrected chi connectivity index (χ4v) is 3.05. The molecule has 0 unspecified atom stereocenters. The fourth-order valence-electron chi connectivity index (χ4n) is 3.05. The van der Waals surface area contributed by atoms with E-state index in [1.54, 1.807) is 54.7 Å². The van der Waals surface area contributed by atoms with Crippen LogP contribution in [0.4, 0.5) is 0 Å². The molecule has 4 aromatic rings. The Morgan fingerprint density at radius 2 is 1.50 bits per heavy atom.